The molecule has 0 bridgehead atoms. The van der Waals surface area contributed by atoms with Gasteiger partial charge in [-0.3, -0.25) is 5.01 Å². The molecule has 0 amide bonds. The second kappa shape index (κ2) is 12.1. The van der Waals surface area contributed by atoms with Crippen LogP contribution < -0.4 is 10.4 Å². The molecule has 1 fully saturated rings. The molecule has 7 nitrogen and oxygen atoms in total. The fraction of sp³-hybridized carbons (Fsp3) is 0.394. The van der Waals surface area contributed by atoms with Crippen LogP contribution in [0.15, 0.2) is 99.3 Å². The molecule has 0 saturated heterocycles. The van der Waals surface area contributed by atoms with Crippen molar-refractivity contribution in [1.82, 2.24) is 10.1 Å². The lowest BCUT2D eigenvalue weighted by Crippen LogP contribution is -2.66. The standard InChI is InChI=1S/C33H42N4O3SSi/c1-5-36(37-26-33(25-34-37)22-12-13-23-33)27-35-41(38,39)29-20-18-28(19-21-29)24-40-42(32(2,3)4,30-14-8-6-9-15-30)31-16-10-7-11-17-31/h6-11,14-21,25,27H,5,12-13,22-24,26H2,1-4H3. The maximum absolute atomic E-state index is 13.1. The maximum Gasteiger partial charge on any atom is 0.283 e. The molecule has 5 rings (SSSR count). The van der Waals surface area contributed by atoms with Gasteiger partial charge in [-0.05, 0) is 52.9 Å². The summed E-state index contributed by atoms with van der Waals surface area (Å²) < 4.78 is 37.3. The highest BCUT2D eigenvalue weighted by Gasteiger charge is 2.50. The summed E-state index contributed by atoms with van der Waals surface area (Å²) in [6.45, 7) is 10.4. The van der Waals surface area contributed by atoms with Crippen LogP contribution >= 0.6 is 0 Å². The average molecular weight is 603 g/mol. The molecular formula is C33H42N4O3SSi. The van der Waals surface area contributed by atoms with Gasteiger partial charge in [-0.1, -0.05) is 106 Å². The van der Waals surface area contributed by atoms with Crippen molar-refractivity contribution in [3.05, 3.63) is 90.5 Å². The van der Waals surface area contributed by atoms with Gasteiger partial charge in [0.15, 0.2) is 0 Å². The highest BCUT2D eigenvalue weighted by Crippen LogP contribution is 2.40. The molecule has 3 aromatic rings. The summed E-state index contributed by atoms with van der Waals surface area (Å²) >= 11 is 0. The molecule has 1 heterocycles. The molecule has 42 heavy (non-hydrogen) atoms. The van der Waals surface area contributed by atoms with Crippen molar-refractivity contribution in [3.8, 4) is 0 Å². The monoisotopic (exact) mass is 602 g/mol. The summed E-state index contributed by atoms with van der Waals surface area (Å²) in [6.07, 6.45) is 8.12. The van der Waals surface area contributed by atoms with Crippen molar-refractivity contribution in [3.63, 3.8) is 0 Å². The molecule has 0 N–H and O–H groups in total. The normalized spacial score (nSPS) is 17.0. The molecule has 1 aliphatic carbocycles. The van der Waals surface area contributed by atoms with Crippen LogP contribution in [0.3, 0.4) is 0 Å². The molecule has 0 aromatic heterocycles. The minimum Gasteiger partial charge on any atom is -0.403 e. The van der Waals surface area contributed by atoms with Gasteiger partial charge >= 0.3 is 0 Å². The van der Waals surface area contributed by atoms with Crippen LogP contribution in [0, 0.1) is 5.41 Å². The molecule has 3 aromatic carbocycles. The van der Waals surface area contributed by atoms with Crippen LogP contribution in [0.4, 0.5) is 0 Å². The summed E-state index contributed by atoms with van der Waals surface area (Å²) in [5.41, 5.74) is 1.03. The average Bonchev–Trinajstić information content (AvgIpc) is 3.63. The van der Waals surface area contributed by atoms with E-state index in [2.05, 4.69) is 78.8 Å². The van der Waals surface area contributed by atoms with Crippen molar-refractivity contribution in [2.45, 2.75) is 69.9 Å². The van der Waals surface area contributed by atoms with Crippen LogP contribution in [0.1, 0.15) is 58.9 Å². The SMILES string of the molecule is CCN(C=NS(=O)(=O)c1ccc(CO[Si](c2ccccc2)(c2ccccc2)C(C)(C)C)cc1)N1CC2(C=N1)CCCC2. The fourth-order valence-corrected chi connectivity index (χ4v) is 11.6. The van der Waals surface area contributed by atoms with Gasteiger partial charge in [0.2, 0.25) is 0 Å². The Hall–Kier alpha value is -3.27. The number of hydrogen-bond acceptors (Lipinski definition) is 5. The maximum atomic E-state index is 13.1. The van der Waals surface area contributed by atoms with Crippen LogP contribution in [0.5, 0.6) is 0 Å². The Morgan fingerprint density at radius 1 is 0.952 bits per heavy atom. The Morgan fingerprint density at radius 3 is 2.05 bits per heavy atom. The summed E-state index contributed by atoms with van der Waals surface area (Å²) in [7, 11) is -6.58. The number of benzene rings is 3. The summed E-state index contributed by atoms with van der Waals surface area (Å²) in [5, 5.41) is 10.5. The first-order valence-corrected chi connectivity index (χ1v) is 18.2. The molecule has 1 spiro atoms. The number of nitrogens with zero attached hydrogens (tertiary/aromatic N) is 4. The zero-order valence-electron chi connectivity index (χ0n) is 25.1. The lowest BCUT2D eigenvalue weighted by atomic mass is 9.89. The molecule has 9 heteroatoms. The quantitative estimate of drug-likeness (QED) is 0.172. The van der Waals surface area contributed by atoms with Gasteiger partial charge in [0.05, 0.1) is 18.0 Å². The Kier molecular flexibility index (Phi) is 8.73. The van der Waals surface area contributed by atoms with Gasteiger partial charge in [-0.2, -0.15) is 13.5 Å². The Bertz CT molecular complexity index is 1460. The third kappa shape index (κ3) is 6.09. The van der Waals surface area contributed by atoms with Gasteiger partial charge in [0.25, 0.3) is 18.3 Å². The van der Waals surface area contributed by atoms with Crippen LogP contribution in [0.2, 0.25) is 5.04 Å². The van der Waals surface area contributed by atoms with Gasteiger partial charge in [0.1, 0.15) is 6.34 Å². The summed E-state index contributed by atoms with van der Waals surface area (Å²) in [6, 6.07) is 27.9. The zero-order chi connectivity index (χ0) is 29.8. The van der Waals surface area contributed by atoms with Gasteiger partial charge in [-0.25, -0.2) is 5.12 Å². The number of rotatable bonds is 10. The molecule has 0 atom stereocenters. The highest BCUT2D eigenvalue weighted by molar-refractivity contribution is 7.90. The second-order valence-electron chi connectivity index (χ2n) is 12.4. The van der Waals surface area contributed by atoms with Crippen LogP contribution in [-0.2, 0) is 21.1 Å². The van der Waals surface area contributed by atoms with E-state index in [-0.39, 0.29) is 15.3 Å². The van der Waals surface area contributed by atoms with E-state index in [1.807, 2.05) is 42.5 Å². The number of hydrogen-bond donors (Lipinski definition) is 0. The highest BCUT2D eigenvalue weighted by atomic mass is 32.2. The van der Waals surface area contributed by atoms with Crippen molar-refractivity contribution < 1.29 is 12.8 Å². The first-order valence-electron chi connectivity index (χ1n) is 14.8. The van der Waals surface area contributed by atoms with Crippen molar-refractivity contribution in [2.24, 2.45) is 14.9 Å². The third-order valence-electron chi connectivity index (χ3n) is 8.55. The van der Waals surface area contributed by atoms with E-state index in [0.29, 0.717) is 13.2 Å². The van der Waals surface area contributed by atoms with Crippen molar-refractivity contribution in [2.75, 3.05) is 13.1 Å². The van der Waals surface area contributed by atoms with Gasteiger partial charge < -0.3 is 4.43 Å². The lowest BCUT2D eigenvalue weighted by Gasteiger charge is -2.43. The van der Waals surface area contributed by atoms with Gasteiger partial charge in [-0.15, -0.1) is 4.40 Å². The molecule has 1 saturated carbocycles. The predicted molar refractivity (Wildman–Crippen MR) is 173 cm³/mol. The largest absolute Gasteiger partial charge is 0.403 e. The van der Waals surface area contributed by atoms with E-state index in [9.17, 15) is 8.42 Å². The van der Waals surface area contributed by atoms with E-state index >= 15 is 0 Å². The minimum atomic E-state index is -3.87. The molecule has 2 aliphatic rings. The van der Waals surface area contributed by atoms with E-state index in [4.69, 9.17) is 4.43 Å². The number of hydrazone groups is 1. The minimum absolute atomic E-state index is 0.118. The summed E-state index contributed by atoms with van der Waals surface area (Å²) in [4.78, 5) is 0.154. The smallest absolute Gasteiger partial charge is 0.283 e. The summed E-state index contributed by atoms with van der Waals surface area (Å²) in [5.74, 6) is 0. The second-order valence-corrected chi connectivity index (χ2v) is 18.3. The third-order valence-corrected chi connectivity index (χ3v) is 14.8. The van der Waals surface area contributed by atoms with Crippen molar-refractivity contribution >= 4 is 41.3 Å². The molecule has 1 aliphatic heterocycles. The fourth-order valence-electron chi connectivity index (χ4n) is 6.27. The van der Waals surface area contributed by atoms with E-state index in [0.717, 1.165) is 24.9 Å². The lowest BCUT2D eigenvalue weighted by molar-refractivity contribution is 0.0498. The Balaban J connectivity index is 1.33. The zero-order valence-corrected chi connectivity index (χ0v) is 26.9. The van der Waals surface area contributed by atoms with Gasteiger partial charge in [0, 0.05) is 18.2 Å². The van der Waals surface area contributed by atoms with E-state index in [1.54, 1.807) is 17.1 Å². The molecule has 0 radical (unpaired) electrons. The molecular weight excluding hydrogens is 561 g/mol. The topological polar surface area (TPSA) is 74.6 Å². The molecule has 0 unspecified atom stereocenters. The number of hydrazine groups is 1. The predicted octanol–water partition coefficient (Wildman–Crippen LogP) is 5.58. The Morgan fingerprint density at radius 2 is 1.52 bits per heavy atom. The first kappa shape index (κ1) is 30.2. The number of sulfonamides is 1. The Labute approximate surface area is 252 Å². The van der Waals surface area contributed by atoms with Crippen molar-refractivity contribution in [1.29, 1.82) is 0 Å². The molecule has 222 valence electrons. The van der Waals surface area contributed by atoms with E-state index in [1.165, 1.54) is 29.6 Å². The van der Waals surface area contributed by atoms with E-state index < -0.39 is 18.3 Å². The van der Waals surface area contributed by atoms with Crippen LogP contribution in [0.25, 0.3) is 0 Å². The van der Waals surface area contributed by atoms with Crippen LogP contribution in [-0.4, -0.2) is 52.5 Å². The first-order chi connectivity index (χ1) is 20.1.